The highest BCUT2D eigenvalue weighted by atomic mass is 35.5. The molecule has 0 heterocycles. The average molecular weight is 673 g/mol. The summed E-state index contributed by atoms with van der Waals surface area (Å²) in [5.74, 6) is -1.01. The molecule has 44 heavy (non-hydrogen) atoms. The Morgan fingerprint density at radius 3 is 2.14 bits per heavy atom. The van der Waals surface area contributed by atoms with Crippen LogP contribution >= 0.6 is 34.8 Å². The number of carbonyl (C=O) groups excluding carboxylic acids is 2. The molecule has 0 aromatic heterocycles. The van der Waals surface area contributed by atoms with Crippen molar-refractivity contribution < 1.29 is 18.0 Å². The summed E-state index contributed by atoms with van der Waals surface area (Å²) in [6.45, 7) is 2.96. The number of benzene rings is 4. The van der Waals surface area contributed by atoms with E-state index in [1.807, 2.05) is 37.3 Å². The third kappa shape index (κ3) is 7.93. The van der Waals surface area contributed by atoms with Crippen LogP contribution in [0.25, 0.3) is 0 Å². The minimum atomic E-state index is -4.25. The third-order valence-electron chi connectivity index (χ3n) is 7.18. The smallest absolute Gasteiger partial charge is 0.264 e. The molecule has 0 radical (unpaired) electrons. The molecule has 4 rings (SSSR count). The molecule has 0 fully saturated rings. The van der Waals surface area contributed by atoms with E-state index < -0.39 is 34.4 Å². The molecule has 0 spiro atoms. The largest absolute Gasteiger partial charge is 0.357 e. The fraction of sp³-hybridized carbons (Fsp3) is 0.212. The van der Waals surface area contributed by atoms with Gasteiger partial charge in [0.15, 0.2) is 0 Å². The van der Waals surface area contributed by atoms with Crippen LogP contribution in [0.5, 0.6) is 0 Å². The topological polar surface area (TPSA) is 86.8 Å². The SMILES string of the molecule is CNC(=O)[C@H](Cc1ccccc1)N(Cc1ccc(Cl)c(Cl)c1)C(=O)CN(c1cc(Cl)ccc1C)S(=O)(=O)c1ccc(C)cc1. The molecule has 7 nitrogen and oxygen atoms in total. The molecule has 0 aliphatic carbocycles. The van der Waals surface area contributed by atoms with Gasteiger partial charge in [0.2, 0.25) is 11.8 Å². The van der Waals surface area contributed by atoms with Crippen molar-refractivity contribution >= 4 is 62.3 Å². The van der Waals surface area contributed by atoms with Crippen LogP contribution in [0.2, 0.25) is 15.1 Å². The molecule has 0 saturated heterocycles. The predicted octanol–water partition coefficient (Wildman–Crippen LogP) is 6.85. The first-order valence-corrected chi connectivity index (χ1v) is 16.3. The van der Waals surface area contributed by atoms with E-state index in [1.165, 1.54) is 30.1 Å². The summed E-state index contributed by atoms with van der Waals surface area (Å²) < 4.78 is 29.4. The summed E-state index contributed by atoms with van der Waals surface area (Å²) in [7, 11) is -2.75. The Morgan fingerprint density at radius 1 is 0.818 bits per heavy atom. The molecule has 0 aliphatic heterocycles. The number of hydrogen-bond acceptors (Lipinski definition) is 4. The van der Waals surface area contributed by atoms with Gasteiger partial charge in [-0.15, -0.1) is 0 Å². The van der Waals surface area contributed by atoms with Crippen LogP contribution in [0, 0.1) is 13.8 Å². The van der Waals surface area contributed by atoms with Gasteiger partial charge in [-0.3, -0.25) is 13.9 Å². The molecule has 0 aliphatic rings. The Kier molecular flexibility index (Phi) is 11.0. The fourth-order valence-electron chi connectivity index (χ4n) is 4.76. The van der Waals surface area contributed by atoms with Gasteiger partial charge in [-0.05, 0) is 66.9 Å². The molecule has 0 saturated carbocycles. The quantitative estimate of drug-likeness (QED) is 0.189. The molecule has 0 unspecified atom stereocenters. The average Bonchev–Trinajstić information content (AvgIpc) is 3.01. The number of nitrogens with zero attached hydrogens (tertiary/aromatic N) is 2. The number of likely N-dealkylation sites (N-methyl/N-ethyl adjacent to an activating group) is 1. The zero-order valence-electron chi connectivity index (χ0n) is 24.4. The summed E-state index contributed by atoms with van der Waals surface area (Å²) in [5.41, 5.74) is 3.17. The Bertz CT molecular complexity index is 1750. The van der Waals surface area contributed by atoms with Gasteiger partial charge in [0.05, 0.1) is 20.6 Å². The van der Waals surface area contributed by atoms with Gasteiger partial charge in [-0.1, -0.05) is 95.0 Å². The van der Waals surface area contributed by atoms with E-state index in [9.17, 15) is 18.0 Å². The summed E-state index contributed by atoms with van der Waals surface area (Å²) in [6, 6.07) is 24.5. The van der Waals surface area contributed by atoms with E-state index in [0.717, 1.165) is 15.4 Å². The number of aryl methyl sites for hydroxylation is 2. The molecule has 0 bridgehead atoms. The van der Waals surface area contributed by atoms with Crippen molar-refractivity contribution in [2.75, 3.05) is 17.9 Å². The molecule has 1 N–H and O–H groups in total. The summed E-state index contributed by atoms with van der Waals surface area (Å²) in [6.07, 6.45) is 0.189. The maximum atomic E-state index is 14.4. The van der Waals surface area contributed by atoms with Gasteiger partial charge >= 0.3 is 0 Å². The van der Waals surface area contributed by atoms with Gasteiger partial charge < -0.3 is 10.2 Å². The number of nitrogens with one attached hydrogen (secondary N) is 1. The van der Waals surface area contributed by atoms with Crippen LogP contribution in [-0.4, -0.2) is 44.8 Å². The van der Waals surface area contributed by atoms with Crippen molar-refractivity contribution in [3.05, 3.63) is 128 Å². The molecule has 230 valence electrons. The van der Waals surface area contributed by atoms with Gasteiger partial charge in [0.25, 0.3) is 10.0 Å². The van der Waals surface area contributed by atoms with E-state index in [1.54, 1.807) is 49.4 Å². The first-order chi connectivity index (χ1) is 20.9. The standard InChI is InChI=1S/C33H32Cl3N3O4S/c1-22-9-14-27(15-10-22)44(42,43)39(30-19-26(34)13-11-23(30)2)21-32(40)38(20-25-12-16-28(35)29(36)17-25)31(33(41)37-3)18-24-7-5-4-6-8-24/h4-17,19,31H,18,20-21H2,1-3H3,(H,37,41)/t31-/m0/s1. The zero-order chi connectivity index (χ0) is 32.0. The van der Waals surface area contributed by atoms with Crippen molar-refractivity contribution in [2.45, 2.75) is 37.8 Å². The molecule has 1 atom stereocenters. The van der Waals surface area contributed by atoms with Crippen LogP contribution in [0.15, 0.2) is 95.9 Å². The lowest BCUT2D eigenvalue weighted by molar-refractivity contribution is -0.139. The van der Waals surface area contributed by atoms with Gasteiger partial charge in [-0.2, -0.15) is 0 Å². The summed E-state index contributed by atoms with van der Waals surface area (Å²) in [5, 5.41) is 3.59. The minimum Gasteiger partial charge on any atom is -0.357 e. The van der Waals surface area contributed by atoms with Crippen LogP contribution < -0.4 is 9.62 Å². The Hall–Kier alpha value is -3.56. The second-order valence-electron chi connectivity index (χ2n) is 10.3. The second kappa shape index (κ2) is 14.5. The van der Waals surface area contributed by atoms with Crippen LogP contribution in [0.4, 0.5) is 5.69 Å². The van der Waals surface area contributed by atoms with Crippen LogP contribution in [-0.2, 0) is 32.6 Å². The molecule has 11 heteroatoms. The highest BCUT2D eigenvalue weighted by Crippen LogP contribution is 2.31. The van der Waals surface area contributed by atoms with Crippen LogP contribution in [0.3, 0.4) is 0 Å². The van der Waals surface area contributed by atoms with E-state index in [0.29, 0.717) is 21.2 Å². The Balaban J connectivity index is 1.83. The van der Waals surface area contributed by atoms with Crippen molar-refractivity contribution in [3.63, 3.8) is 0 Å². The maximum Gasteiger partial charge on any atom is 0.264 e. The number of halogens is 3. The predicted molar refractivity (Wildman–Crippen MR) is 177 cm³/mol. The van der Waals surface area contributed by atoms with E-state index >= 15 is 0 Å². The monoisotopic (exact) mass is 671 g/mol. The number of amides is 2. The Morgan fingerprint density at radius 2 is 1.50 bits per heavy atom. The molecule has 4 aromatic carbocycles. The number of hydrogen-bond donors (Lipinski definition) is 1. The number of carbonyl (C=O) groups is 2. The maximum absolute atomic E-state index is 14.4. The molecular formula is C33H32Cl3N3O4S. The van der Waals surface area contributed by atoms with Gasteiger partial charge in [0.1, 0.15) is 12.6 Å². The van der Waals surface area contributed by atoms with Crippen molar-refractivity contribution in [3.8, 4) is 0 Å². The highest BCUT2D eigenvalue weighted by molar-refractivity contribution is 7.92. The summed E-state index contributed by atoms with van der Waals surface area (Å²) in [4.78, 5) is 29.2. The first kappa shape index (κ1) is 33.3. The molecular weight excluding hydrogens is 641 g/mol. The number of sulfonamides is 1. The highest BCUT2D eigenvalue weighted by Gasteiger charge is 2.35. The van der Waals surface area contributed by atoms with Crippen LogP contribution in [0.1, 0.15) is 22.3 Å². The van der Waals surface area contributed by atoms with E-state index in [2.05, 4.69) is 5.32 Å². The normalized spacial score (nSPS) is 12.0. The first-order valence-electron chi connectivity index (χ1n) is 13.7. The third-order valence-corrected chi connectivity index (χ3v) is 9.93. The van der Waals surface area contributed by atoms with Gasteiger partial charge in [0, 0.05) is 25.0 Å². The van der Waals surface area contributed by atoms with Crippen molar-refractivity contribution in [2.24, 2.45) is 0 Å². The lowest BCUT2D eigenvalue weighted by Gasteiger charge is -2.34. The van der Waals surface area contributed by atoms with Gasteiger partial charge in [-0.25, -0.2) is 8.42 Å². The summed E-state index contributed by atoms with van der Waals surface area (Å²) >= 11 is 18.8. The number of rotatable bonds is 11. The Labute approximate surface area is 273 Å². The minimum absolute atomic E-state index is 0.0124. The van der Waals surface area contributed by atoms with E-state index in [4.69, 9.17) is 34.8 Å². The molecule has 2 amide bonds. The number of anilines is 1. The lowest BCUT2D eigenvalue weighted by atomic mass is 10.0. The second-order valence-corrected chi connectivity index (χ2v) is 13.5. The van der Waals surface area contributed by atoms with Crippen molar-refractivity contribution in [1.82, 2.24) is 10.2 Å². The zero-order valence-corrected chi connectivity index (χ0v) is 27.5. The van der Waals surface area contributed by atoms with E-state index in [-0.39, 0.29) is 28.6 Å². The molecule has 4 aromatic rings. The lowest BCUT2D eigenvalue weighted by Crippen LogP contribution is -2.53. The van der Waals surface area contributed by atoms with Crippen molar-refractivity contribution in [1.29, 1.82) is 0 Å². The fourth-order valence-corrected chi connectivity index (χ4v) is 6.71.